The number of nitrogens with one attached hydrogen (secondary N) is 2. The van der Waals surface area contributed by atoms with Crippen molar-refractivity contribution in [1.82, 2.24) is 29.9 Å². The van der Waals surface area contributed by atoms with Gasteiger partial charge in [-0.1, -0.05) is 30.3 Å². The molecule has 2 N–H and O–H groups in total. The highest BCUT2D eigenvalue weighted by Crippen LogP contribution is 2.20. The molecule has 0 atom stereocenters. The lowest BCUT2D eigenvalue weighted by molar-refractivity contribution is -0.126. The van der Waals surface area contributed by atoms with E-state index in [-0.39, 0.29) is 30.7 Å². The Kier molecular flexibility index (Phi) is 8.24. The maximum absolute atomic E-state index is 12.8. The Hall–Kier alpha value is -4.12. The van der Waals surface area contributed by atoms with Crippen molar-refractivity contribution in [2.75, 3.05) is 70.8 Å². The Morgan fingerprint density at radius 3 is 2.41 bits per heavy atom. The number of hydrogen-bond donors (Lipinski definition) is 2. The fourth-order valence-electron chi connectivity index (χ4n) is 4.42. The van der Waals surface area contributed by atoms with Gasteiger partial charge in [0.15, 0.2) is 0 Å². The van der Waals surface area contributed by atoms with E-state index < -0.39 is 0 Å². The summed E-state index contributed by atoms with van der Waals surface area (Å²) in [6.45, 7) is 4.89. The molecule has 3 heterocycles. The van der Waals surface area contributed by atoms with E-state index in [1.165, 1.54) is 15.4 Å². The maximum Gasteiger partial charge on any atom is 0.273 e. The third-order valence-electron chi connectivity index (χ3n) is 6.43. The fourth-order valence-corrected chi connectivity index (χ4v) is 4.42. The van der Waals surface area contributed by atoms with Crippen molar-refractivity contribution >= 4 is 29.7 Å². The molecule has 0 unspecified atom stereocenters. The molecule has 11 heteroatoms. The summed E-state index contributed by atoms with van der Waals surface area (Å²) in [7, 11) is 4.80. The molecular weight excluding hydrogens is 472 g/mol. The summed E-state index contributed by atoms with van der Waals surface area (Å²) in [5.74, 6) is 0.203. The topological polar surface area (TPSA) is 104 Å². The lowest BCUT2D eigenvalue weighted by atomic mass is 10.2. The molecule has 2 aliphatic rings. The molecular formula is C26H34N8O3. The van der Waals surface area contributed by atoms with Crippen LogP contribution < -0.4 is 15.5 Å². The molecule has 4 rings (SSSR count). The standard InChI is InChI=1S/C26H34N8O3/c1-30(2)26(37)24-25(31(3)19-35)28-18-34(24)17-23(36)29-22-10-9-21(15-27-22)33-13-11-32(12-14-33)16-20-7-5-4-6-8-20/h4-10,15,19,28H,11-14,16-18H2,1-3H3,(H,27,29,36). The van der Waals surface area contributed by atoms with Gasteiger partial charge < -0.3 is 30.2 Å². The number of carbonyl (C=O) groups excluding carboxylic acids is 3. The van der Waals surface area contributed by atoms with E-state index in [0.717, 1.165) is 38.4 Å². The number of nitrogens with zero attached hydrogens (tertiary/aromatic N) is 6. The number of hydrogen-bond acceptors (Lipinski definition) is 8. The molecule has 1 aromatic carbocycles. The van der Waals surface area contributed by atoms with E-state index in [1.54, 1.807) is 38.3 Å². The van der Waals surface area contributed by atoms with Crippen LogP contribution in [0.2, 0.25) is 0 Å². The van der Waals surface area contributed by atoms with Crippen LogP contribution in [0.4, 0.5) is 11.5 Å². The molecule has 1 saturated heterocycles. The van der Waals surface area contributed by atoms with Gasteiger partial charge in [0.2, 0.25) is 12.3 Å². The first-order valence-electron chi connectivity index (χ1n) is 12.3. The predicted octanol–water partition coefficient (Wildman–Crippen LogP) is 0.551. The van der Waals surface area contributed by atoms with Gasteiger partial charge in [0, 0.05) is 53.9 Å². The Morgan fingerprint density at radius 1 is 1.05 bits per heavy atom. The van der Waals surface area contributed by atoms with Gasteiger partial charge in [0.25, 0.3) is 5.91 Å². The molecule has 3 amide bonds. The minimum Gasteiger partial charge on any atom is -0.368 e. The lowest BCUT2D eigenvalue weighted by Gasteiger charge is -2.36. The van der Waals surface area contributed by atoms with Gasteiger partial charge in [0.05, 0.1) is 25.1 Å². The molecule has 2 aromatic rings. The molecule has 1 aromatic heterocycles. The van der Waals surface area contributed by atoms with Gasteiger partial charge in [-0.15, -0.1) is 0 Å². The normalized spacial score (nSPS) is 15.9. The summed E-state index contributed by atoms with van der Waals surface area (Å²) in [5.41, 5.74) is 2.61. The van der Waals surface area contributed by atoms with Gasteiger partial charge in [-0.3, -0.25) is 19.3 Å². The van der Waals surface area contributed by atoms with Gasteiger partial charge in [-0.25, -0.2) is 4.98 Å². The molecule has 11 nitrogen and oxygen atoms in total. The summed E-state index contributed by atoms with van der Waals surface area (Å²) >= 11 is 0. The second-order valence-corrected chi connectivity index (χ2v) is 9.34. The zero-order valence-electron chi connectivity index (χ0n) is 21.6. The smallest absolute Gasteiger partial charge is 0.273 e. The lowest BCUT2D eigenvalue weighted by Crippen LogP contribution is -2.46. The van der Waals surface area contributed by atoms with Crippen LogP contribution in [0.25, 0.3) is 0 Å². The highest BCUT2D eigenvalue weighted by Gasteiger charge is 2.32. The second-order valence-electron chi connectivity index (χ2n) is 9.34. The molecule has 37 heavy (non-hydrogen) atoms. The van der Waals surface area contributed by atoms with Crippen LogP contribution in [0, 0.1) is 0 Å². The molecule has 0 bridgehead atoms. The first kappa shape index (κ1) is 26.0. The van der Waals surface area contributed by atoms with Crippen molar-refractivity contribution in [3.05, 3.63) is 65.7 Å². The number of benzene rings is 1. The second kappa shape index (κ2) is 11.7. The summed E-state index contributed by atoms with van der Waals surface area (Å²) < 4.78 is 0. The average molecular weight is 507 g/mol. The first-order chi connectivity index (χ1) is 17.9. The molecule has 0 spiro atoms. The highest BCUT2D eigenvalue weighted by molar-refractivity contribution is 5.96. The Labute approximate surface area is 217 Å². The van der Waals surface area contributed by atoms with Crippen molar-refractivity contribution < 1.29 is 14.4 Å². The molecule has 0 aliphatic carbocycles. The van der Waals surface area contributed by atoms with E-state index in [9.17, 15) is 14.4 Å². The first-order valence-corrected chi connectivity index (χ1v) is 12.3. The van der Waals surface area contributed by atoms with Gasteiger partial charge >= 0.3 is 0 Å². The van der Waals surface area contributed by atoms with Crippen molar-refractivity contribution in [2.24, 2.45) is 0 Å². The van der Waals surface area contributed by atoms with Crippen LogP contribution >= 0.6 is 0 Å². The number of piperazine rings is 1. The van der Waals surface area contributed by atoms with E-state index in [2.05, 4.69) is 49.7 Å². The number of rotatable bonds is 9. The van der Waals surface area contributed by atoms with Gasteiger partial charge in [-0.2, -0.15) is 0 Å². The summed E-state index contributed by atoms with van der Waals surface area (Å²) in [6.07, 6.45) is 2.39. The minimum absolute atomic E-state index is 0.0646. The SMILES string of the molecule is CN(C)C(=O)C1=C(N(C)C=O)NCN1CC(=O)Nc1ccc(N2CCN(Cc3ccccc3)CC2)cn1. The van der Waals surface area contributed by atoms with Crippen LogP contribution in [0.3, 0.4) is 0 Å². The van der Waals surface area contributed by atoms with Crippen LogP contribution in [0.5, 0.6) is 0 Å². The van der Waals surface area contributed by atoms with Crippen molar-refractivity contribution in [3.63, 3.8) is 0 Å². The largest absolute Gasteiger partial charge is 0.368 e. The van der Waals surface area contributed by atoms with Crippen molar-refractivity contribution in [2.45, 2.75) is 6.54 Å². The average Bonchev–Trinajstić information content (AvgIpc) is 3.32. The number of amides is 3. The van der Waals surface area contributed by atoms with E-state index in [0.29, 0.717) is 18.0 Å². The molecule has 2 aliphatic heterocycles. The van der Waals surface area contributed by atoms with Crippen LogP contribution in [-0.4, -0.2) is 103 Å². The predicted molar refractivity (Wildman–Crippen MR) is 141 cm³/mol. The number of pyridine rings is 1. The molecule has 196 valence electrons. The Morgan fingerprint density at radius 2 is 1.78 bits per heavy atom. The number of anilines is 2. The molecule has 1 fully saturated rings. The third kappa shape index (κ3) is 6.36. The summed E-state index contributed by atoms with van der Waals surface area (Å²) in [6, 6.07) is 14.2. The highest BCUT2D eigenvalue weighted by atomic mass is 16.2. The Bertz CT molecular complexity index is 1130. The maximum atomic E-state index is 12.8. The zero-order chi connectivity index (χ0) is 26.4. The monoisotopic (exact) mass is 506 g/mol. The minimum atomic E-state index is -0.310. The van der Waals surface area contributed by atoms with Gasteiger partial charge in [0.1, 0.15) is 17.3 Å². The van der Waals surface area contributed by atoms with Crippen LogP contribution in [-0.2, 0) is 20.9 Å². The van der Waals surface area contributed by atoms with E-state index in [1.807, 2.05) is 12.1 Å². The Balaban J connectivity index is 1.31. The molecule has 0 saturated carbocycles. The zero-order valence-corrected chi connectivity index (χ0v) is 21.6. The van der Waals surface area contributed by atoms with Gasteiger partial charge in [-0.05, 0) is 17.7 Å². The summed E-state index contributed by atoms with van der Waals surface area (Å²) in [5, 5.41) is 5.82. The quantitative estimate of drug-likeness (QED) is 0.476. The van der Waals surface area contributed by atoms with Crippen molar-refractivity contribution in [1.29, 1.82) is 0 Å². The van der Waals surface area contributed by atoms with E-state index in [4.69, 9.17) is 0 Å². The fraction of sp³-hybridized carbons (Fsp3) is 0.385. The molecule has 0 radical (unpaired) electrons. The van der Waals surface area contributed by atoms with E-state index >= 15 is 0 Å². The van der Waals surface area contributed by atoms with Crippen LogP contribution in [0.15, 0.2) is 60.2 Å². The van der Waals surface area contributed by atoms with Crippen LogP contribution in [0.1, 0.15) is 5.56 Å². The number of aromatic nitrogens is 1. The summed E-state index contributed by atoms with van der Waals surface area (Å²) in [4.78, 5) is 50.2. The number of carbonyl (C=O) groups is 3. The third-order valence-corrected chi connectivity index (χ3v) is 6.43. The van der Waals surface area contributed by atoms with Crippen molar-refractivity contribution in [3.8, 4) is 0 Å². The number of likely N-dealkylation sites (N-methyl/N-ethyl adjacent to an activating group) is 1.